The maximum absolute atomic E-state index is 12.9. The van der Waals surface area contributed by atoms with Crippen molar-refractivity contribution < 1.29 is 14.7 Å². The summed E-state index contributed by atoms with van der Waals surface area (Å²) in [5.41, 5.74) is -0.362. The minimum Gasteiger partial charge on any atom is -0.508 e. The Bertz CT molecular complexity index is 607. The van der Waals surface area contributed by atoms with Crippen LogP contribution in [-0.4, -0.2) is 16.9 Å². The molecular weight excluding hydrogens is 254 g/mol. The van der Waals surface area contributed by atoms with Gasteiger partial charge in [0.15, 0.2) is 0 Å². The number of phenolic OH excluding ortho intramolecular Hbond substituents is 1. The average molecular weight is 273 g/mol. The summed E-state index contributed by atoms with van der Waals surface area (Å²) >= 11 is 0. The van der Waals surface area contributed by atoms with E-state index >= 15 is 0 Å². The number of amides is 2. The Morgan fingerprint density at radius 2 is 1.95 bits per heavy atom. The van der Waals surface area contributed by atoms with Crippen LogP contribution in [0.1, 0.15) is 33.6 Å². The Labute approximate surface area is 118 Å². The van der Waals surface area contributed by atoms with E-state index in [1.165, 1.54) is 17.0 Å². The molecule has 0 unspecified atom stereocenters. The number of piperidine rings is 1. The number of phenols is 1. The van der Waals surface area contributed by atoms with Crippen molar-refractivity contribution in [2.24, 2.45) is 16.7 Å². The van der Waals surface area contributed by atoms with Gasteiger partial charge in [0, 0.05) is 12.0 Å². The Morgan fingerprint density at radius 1 is 1.25 bits per heavy atom. The molecule has 2 amide bonds. The van der Waals surface area contributed by atoms with Crippen molar-refractivity contribution in [2.75, 3.05) is 4.90 Å². The van der Waals surface area contributed by atoms with Crippen LogP contribution < -0.4 is 4.90 Å². The molecule has 2 fully saturated rings. The van der Waals surface area contributed by atoms with Crippen LogP contribution in [0.4, 0.5) is 5.69 Å². The summed E-state index contributed by atoms with van der Waals surface area (Å²) in [5, 5.41) is 9.58. The number of carbonyl (C=O) groups excluding carboxylic acids is 2. The van der Waals surface area contributed by atoms with E-state index in [4.69, 9.17) is 0 Å². The van der Waals surface area contributed by atoms with Gasteiger partial charge < -0.3 is 5.11 Å². The van der Waals surface area contributed by atoms with Crippen molar-refractivity contribution in [3.05, 3.63) is 24.3 Å². The number of hydrogen-bond acceptors (Lipinski definition) is 3. The van der Waals surface area contributed by atoms with Crippen LogP contribution in [0.15, 0.2) is 24.3 Å². The second-order valence-electron chi connectivity index (χ2n) is 6.64. The number of benzene rings is 1. The van der Waals surface area contributed by atoms with Gasteiger partial charge in [-0.1, -0.05) is 26.8 Å². The fraction of sp³-hybridized carbons (Fsp3) is 0.500. The molecule has 4 heteroatoms. The molecule has 2 atom stereocenters. The van der Waals surface area contributed by atoms with Crippen LogP contribution in [-0.2, 0) is 9.59 Å². The third-order valence-electron chi connectivity index (χ3n) is 5.51. The predicted molar refractivity (Wildman–Crippen MR) is 75.2 cm³/mol. The van der Waals surface area contributed by atoms with Crippen molar-refractivity contribution in [1.82, 2.24) is 0 Å². The largest absolute Gasteiger partial charge is 0.508 e. The third kappa shape index (κ3) is 1.42. The Hall–Kier alpha value is -1.84. The topological polar surface area (TPSA) is 57.6 Å². The molecule has 1 aromatic carbocycles. The van der Waals surface area contributed by atoms with E-state index in [2.05, 4.69) is 0 Å². The summed E-state index contributed by atoms with van der Waals surface area (Å²) in [7, 11) is 0. The van der Waals surface area contributed by atoms with Gasteiger partial charge in [-0.25, -0.2) is 4.90 Å². The minimum atomic E-state index is -0.517. The molecule has 1 saturated carbocycles. The summed E-state index contributed by atoms with van der Waals surface area (Å²) in [5.74, 6) is -0.356. The highest BCUT2D eigenvalue weighted by molar-refractivity contribution is 6.20. The lowest BCUT2D eigenvalue weighted by Gasteiger charge is -2.47. The number of imide groups is 1. The van der Waals surface area contributed by atoms with E-state index in [1.54, 1.807) is 12.1 Å². The molecule has 2 aliphatic rings. The molecule has 0 spiro atoms. The van der Waals surface area contributed by atoms with E-state index in [-0.39, 0.29) is 28.9 Å². The van der Waals surface area contributed by atoms with Crippen LogP contribution in [0, 0.1) is 16.7 Å². The second-order valence-corrected chi connectivity index (χ2v) is 6.64. The highest BCUT2D eigenvalue weighted by Crippen LogP contribution is 2.60. The Balaban J connectivity index is 2.12. The zero-order valence-corrected chi connectivity index (χ0v) is 12.0. The predicted octanol–water partition coefficient (Wildman–Crippen LogP) is 2.71. The van der Waals surface area contributed by atoms with E-state index in [9.17, 15) is 14.7 Å². The lowest BCUT2D eigenvalue weighted by molar-refractivity contribution is -0.146. The minimum absolute atomic E-state index is 0.0606. The summed E-state index contributed by atoms with van der Waals surface area (Å²) < 4.78 is 0. The van der Waals surface area contributed by atoms with Gasteiger partial charge in [0.25, 0.3) is 0 Å². The zero-order valence-electron chi connectivity index (χ0n) is 12.0. The van der Waals surface area contributed by atoms with Crippen molar-refractivity contribution in [1.29, 1.82) is 0 Å². The monoisotopic (exact) mass is 273 g/mol. The van der Waals surface area contributed by atoms with Gasteiger partial charge >= 0.3 is 0 Å². The lowest BCUT2D eigenvalue weighted by Crippen LogP contribution is -2.59. The second kappa shape index (κ2) is 3.84. The van der Waals surface area contributed by atoms with Gasteiger partial charge in [0.1, 0.15) is 5.75 Å². The molecule has 1 N–H and O–H groups in total. The summed E-state index contributed by atoms with van der Waals surface area (Å²) in [6.07, 6.45) is 1.49. The van der Waals surface area contributed by atoms with Crippen LogP contribution in [0.3, 0.4) is 0 Å². The maximum atomic E-state index is 12.9. The first kappa shape index (κ1) is 13.2. The van der Waals surface area contributed by atoms with Gasteiger partial charge in [-0.15, -0.1) is 0 Å². The number of fused-ring (bicyclic) bond motifs is 2. The maximum Gasteiger partial charge on any atom is 0.240 e. The van der Waals surface area contributed by atoms with Crippen LogP contribution >= 0.6 is 0 Å². The molecule has 1 saturated heterocycles. The van der Waals surface area contributed by atoms with E-state index < -0.39 is 5.41 Å². The average Bonchev–Trinajstić information content (AvgIpc) is 2.54. The number of rotatable bonds is 1. The van der Waals surface area contributed by atoms with E-state index in [0.29, 0.717) is 5.69 Å². The molecule has 106 valence electrons. The van der Waals surface area contributed by atoms with Gasteiger partial charge in [0.2, 0.25) is 11.8 Å². The number of hydrogen-bond donors (Lipinski definition) is 1. The molecule has 1 aliphatic heterocycles. The highest BCUT2D eigenvalue weighted by atomic mass is 16.3. The molecule has 3 rings (SSSR count). The zero-order chi connectivity index (χ0) is 14.7. The van der Waals surface area contributed by atoms with Crippen molar-refractivity contribution >= 4 is 17.5 Å². The molecule has 1 heterocycles. The molecule has 1 aliphatic carbocycles. The fourth-order valence-corrected chi connectivity index (χ4v) is 3.69. The van der Waals surface area contributed by atoms with E-state index in [0.717, 1.165) is 12.8 Å². The van der Waals surface area contributed by atoms with Crippen molar-refractivity contribution in [3.63, 3.8) is 0 Å². The molecule has 4 nitrogen and oxygen atoms in total. The number of aromatic hydroxyl groups is 1. The molecule has 1 aromatic rings. The quantitative estimate of drug-likeness (QED) is 0.800. The number of carbonyl (C=O) groups is 2. The molecule has 2 bridgehead atoms. The first-order valence-corrected chi connectivity index (χ1v) is 6.96. The normalized spacial score (nSPS) is 31.8. The Kier molecular flexibility index (Phi) is 2.53. The van der Waals surface area contributed by atoms with Crippen molar-refractivity contribution in [2.45, 2.75) is 33.6 Å². The first-order valence-electron chi connectivity index (χ1n) is 6.96. The summed E-state index contributed by atoms with van der Waals surface area (Å²) in [6.45, 7) is 5.98. The van der Waals surface area contributed by atoms with Crippen LogP contribution in [0.2, 0.25) is 0 Å². The van der Waals surface area contributed by atoms with Gasteiger partial charge in [0.05, 0.1) is 11.1 Å². The molecule has 0 aromatic heterocycles. The fourth-order valence-electron chi connectivity index (χ4n) is 3.69. The first-order chi connectivity index (χ1) is 9.29. The van der Waals surface area contributed by atoms with Gasteiger partial charge in [-0.2, -0.15) is 0 Å². The summed E-state index contributed by atoms with van der Waals surface area (Å²) in [4.78, 5) is 26.8. The molecule has 20 heavy (non-hydrogen) atoms. The van der Waals surface area contributed by atoms with Crippen LogP contribution in [0.5, 0.6) is 5.75 Å². The van der Waals surface area contributed by atoms with Gasteiger partial charge in [-0.3, -0.25) is 9.59 Å². The molecule has 0 radical (unpaired) electrons. The SMILES string of the molecule is CC1(C)[C@H]2CC[C@]1(C)C(=O)N(c1cccc(O)c1)C2=O. The standard InChI is InChI=1S/C16H19NO3/c1-15(2)12-7-8-16(15,3)14(20)17(13(12)19)10-5-4-6-11(18)9-10/h4-6,9,12,18H,7-8H2,1-3H3/t12-,16+/m0/s1. The Morgan fingerprint density at radius 3 is 2.60 bits per heavy atom. The van der Waals surface area contributed by atoms with Gasteiger partial charge in [-0.05, 0) is 30.4 Å². The third-order valence-corrected chi connectivity index (χ3v) is 5.51. The van der Waals surface area contributed by atoms with Crippen LogP contribution in [0.25, 0.3) is 0 Å². The summed E-state index contributed by atoms with van der Waals surface area (Å²) in [6, 6.07) is 6.34. The number of anilines is 1. The highest BCUT2D eigenvalue weighted by Gasteiger charge is 2.64. The van der Waals surface area contributed by atoms with E-state index in [1.807, 2.05) is 20.8 Å². The lowest BCUT2D eigenvalue weighted by atomic mass is 9.62. The molecular formula is C16H19NO3. The van der Waals surface area contributed by atoms with Crippen molar-refractivity contribution in [3.8, 4) is 5.75 Å². The smallest absolute Gasteiger partial charge is 0.240 e. The number of nitrogens with zero attached hydrogens (tertiary/aromatic N) is 1.